The minimum absolute atomic E-state index is 0.153. The highest BCUT2D eigenvalue weighted by Gasteiger charge is 2.21. The van der Waals surface area contributed by atoms with Crippen LogP contribution in [0, 0.1) is 6.92 Å². The Morgan fingerprint density at radius 2 is 1.52 bits per heavy atom. The number of para-hydroxylation sites is 1. The number of likely N-dealkylation sites (N-methyl/N-ethyl adjacent to an activating group) is 2. The summed E-state index contributed by atoms with van der Waals surface area (Å²) in [5, 5.41) is 2.87. The van der Waals surface area contributed by atoms with Crippen molar-refractivity contribution < 1.29 is 28.6 Å². The summed E-state index contributed by atoms with van der Waals surface area (Å²) in [5.41, 5.74) is 8.38. The molecule has 0 heterocycles. The molecule has 11 nitrogen and oxygen atoms in total. The van der Waals surface area contributed by atoms with Gasteiger partial charge in [-0.1, -0.05) is 18.2 Å². The average molecular weight is 662 g/mol. The first kappa shape index (κ1) is 37.8. The van der Waals surface area contributed by atoms with E-state index >= 15 is 0 Å². The number of aryl methyl sites for hydroxylation is 1. The Balaban J connectivity index is 1.62. The van der Waals surface area contributed by atoms with Crippen LogP contribution < -0.4 is 30.2 Å². The highest BCUT2D eigenvalue weighted by atomic mass is 16.5. The van der Waals surface area contributed by atoms with Gasteiger partial charge in [-0.05, 0) is 101 Å². The molecule has 0 aliphatic heterocycles. The Morgan fingerprint density at radius 1 is 0.792 bits per heavy atom. The van der Waals surface area contributed by atoms with Gasteiger partial charge in [0, 0.05) is 39.2 Å². The van der Waals surface area contributed by atoms with Gasteiger partial charge in [-0.2, -0.15) is 0 Å². The molecule has 0 aliphatic rings. The Morgan fingerprint density at radius 3 is 2.25 bits per heavy atom. The minimum Gasteiger partial charge on any atom is -0.495 e. The van der Waals surface area contributed by atoms with Gasteiger partial charge < -0.3 is 40.0 Å². The van der Waals surface area contributed by atoms with Gasteiger partial charge in [-0.15, -0.1) is 0 Å². The van der Waals surface area contributed by atoms with Crippen molar-refractivity contribution in [1.29, 1.82) is 0 Å². The predicted octanol–water partition coefficient (Wildman–Crippen LogP) is 5.22. The number of methoxy groups -OCH3 is 1. The summed E-state index contributed by atoms with van der Waals surface area (Å²) in [7, 11) is 9.01. The van der Waals surface area contributed by atoms with Gasteiger partial charge in [0.25, 0.3) is 11.8 Å². The topological polar surface area (TPSA) is 127 Å². The Kier molecular flexibility index (Phi) is 15.2. The van der Waals surface area contributed by atoms with E-state index in [-0.39, 0.29) is 17.7 Å². The fraction of sp³-hybridized carbons (Fsp3) is 0.432. The van der Waals surface area contributed by atoms with E-state index in [2.05, 4.69) is 10.2 Å². The number of amides is 3. The molecular formula is C37H51N5O6. The summed E-state index contributed by atoms with van der Waals surface area (Å²) in [6, 6.07) is 17.6. The van der Waals surface area contributed by atoms with Crippen molar-refractivity contribution in [2.45, 2.75) is 39.0 Å². The van der Waals surface area contributed by atoms with Gasteiger partial charge in [0.15, 0.2) is 0 Å². The molecule has 0 radical (unpaired) electrons. The maximum Gasteiger partial charge on any atom is 0.259 e. The molecular weight excluding hydrogens is 610 g/mol. The lowest BCUT2D eigenvalue weighted by Gasteiger charge is -2.22. The van der Waals surface area contributed by atoms with E-state index in [1.54, 1.807) is 59.3 Å². The number of nitrogens with one attached hydrogen (secondary N) is 1. The van der Waals surface area contributed by atoms with E-state index in [0.29, 0.717) is 78.9 Å². The molecule has 48 heavy (non-hydrogen) atoms. The van der Waals surface area contributed by atoms with Crippen molar-refractivity contribution in [2.24, 2.45) is 5.73 Å². The van der Waals surface area contributed by atoms with Crippen LogP contribution in [0.4, 0.5) is 11.4 Å². The molecule has 11 heteroatoms. The maximum absolute atomic E-state index is 13.7. The lowest BCUT2D eigenvalue weighted by Crippen LogP contribution is -2.33. The lowest BCUT2D eigenvalue weighted by atomic mass is 10.1. The zero-order valence-electron chi connectivity index (χ0n) is 29.2. The number of ether oxygens (including phenoxy) is 3. The van der Waals surface area contributed by atoms with Gasteiger partial charge >= 0.3 is 0 Å². The van der Waals surface area contributed by atoms with Crippen LogP contribution in [0.3, 0.4) is 0 Å². The Hall–Kier alpha value is -4.61. The van der Waals surface area contributed by atoms with Crippen molar-refractivity contribution in [1.82, 2.24) is 9.80 Å². The van der Waals surface area contributed by atoms with E-state index in [0.717, 1.165) is 31.4 Å². The SMILES string of the molecule is COc1cc(C(=O)N(C)c2ccc(C)cc2OCCCCCC(=O)N(C)CCN(C)C)ccc1NC(=O)c1ccccc1OCCCN. The smallest absolute Gasteiger partial charge is 0.259 e. The number of rotatable bonds is 19. The summed E-state index contributed by atoms with van der Waals surface area (Å²) >= 11 is 0. The monoisotopic (exact) mass is 661 g/mol. The molecule has 0 saturated carbocycles. The number of anilines is 2. The molecule has 0 aromatic heterocycles. The van der Waals surface area contributed by atoms with Crippen LogP contribution in [-0.2, 0) is 4.79 Å². The average Bonchev–Trinajstić information content (AvgIpc) is 3.08. The molecule has 3 aromatic rings. The van der Waals surface area contributed by atoms with Gasteiger partial charge in [-0.3, -0.25) is 14.4 Å². The number of benzene rings is 3. The van der Waals surface area contributed by atoms with Crippen LogP contribution in [0.2, 0.25) is 0 Å². The number of nitrogens with zero attached hydrogens (tertiary/aromatic N) is 3. The third kappa shape index (κ3) is 11.3. The molecule has 3 rings (SSSR count). The molecule has 0 fully saturated rings. The van der Waals surface area contributed by atoms with E-state index in [4.69, 9.17) is 19.9 Å². The van der Waals surface area contributed by atoms with E-state index in [9.17, 15) is 14.4 Å². The van der Waals surface area contributed by atoms with Crippen LogP contribution in [0.5, 0.6) is 17.2 Å². The fourth-order valence-electron chi connectivity index (χ4n) is 4.88. The maximum atomic E-state index is 13.7. The number of nitrogens with two attached hydrogens (primary N) is 1. The molecule has 260 valence electrons. The number of unbranched alkanes of at least 4 members (excludes halogenated alkanes) is 2. The summed E-state index contributed by atoms with van der Waals surface area (Å²) < 4.78 is 17.5. The number of carbonyl (C=O) groups is 3. The second-order valence-corrected chi connectivity index (χ2v) is 12.0. The van der Waals surface area contributed by atoms with Gasteiger partial charge in [0.2, 0.25) is 5.91 Å². The fourth-order valence-corrected chi connectivity index (χ4v) is 4.88. The summed E-state index contributed by atoms with van der Waals surface area (Å²) in [6.07, 6.45) is 3.62. The molecule has 0 atom stereocenters. The van der Waals surface area contributed by atoms with Crippen molar-refractivity contribution in [3.05, 3.63) is 77.4 Å². The molecule has 0 bridgehead atoms. The zero-order valence-corrected chi connectivity index (χ0v) is 29.2. The number of carbonyl (C=O) groups excluding carboxylic acids is 3. The molecule has 0 aliphatic carbocycles. The second kappa shape index (κ2) is 19.3. The number of hydrogen-bond donors (Lipinski definition) is 2. The van der Waals surface area contributed by atoms with Gasteiger partial charge in [-0.25, -0.2) is 0 Å². The third-order valence-corrected chi connectivity index (χ3v) is 7.82. The first-order chi connectivity index (χ1) is 23.0. The Labute approximate surface area is 284 Å². The predicted molar refractivity (Wildman–Crippen MR) is 191 cm³/mol. The zero-order chi connectivity index (χ0) is 35.1. The van der Waals surface area contributed by atoms with Crippen LogP contribution in [0.25, 0.3) is 0 Å². The standard InChI is InChI=1S/C37H51N5O6/c1-27-16-19-31(34(25-27)48-23-11-7-8-15-35(43)41(4)22-21-40(2)3)42(5)37(45)28-17-18-30(33(26-28)46-6)39-36(44)29-13-9-10-14-32(29)47-24-12-20-38/h9-10,13-14,16-19,25-26H,7-8,11-12,15,20-24,38H2,1-6H3,(H,39,44). The summed E-state index contributed by atoms with van der Waals surface area (Å²) in [6.45, 7) is 4.88. The van der Waals surface area contributed by atoms with Crippen molar-refractivity contribution in [2.75, 3.05) is 78.4 Å². The van der Waals surface area contributed by atoms with Crippen LogP contribution in [0.1, 0.15) is 58.4 Å². The van der Waals surface area contributed by atoms with Crippen LogP contribution in [-0.4, -0.2) is 95.7 Å². The number of hydrogen-bond acceptors (Lipinski definition) is 8. The Bertz CT molecular complexity index is 1510. The minimum atomic E-state index is -0.367. The van der Waals surface area contributed by atoms with Gasteiger partial charge in [0.1, 0.15) is 17.2 Å². The van der Waals surface area contributed by atoms with E-state index < -0.39 is 0 Å². The van der Waals surface area contributed by atoms with Gasteiger partial charge in [0.05, 0.1) is 37.3 Å². The van der Waals surface area contributed by atoms with E-state index in [1.807, 2.05) is 46.3 Å². The summed E-state index contributed by atoms with van der Waals surface area (Å²) in [5.74, 6) is 0.921. The van der Waals surface area contributed by atoms with Crippen molar-refractivity contribution in [3.8, 4) is 17.2 Å². The molecule has 0 unspecified atom stereocenters. The van der Waals surface area contributed by atoms with Crippen molar-refractivity contribution in [3.63, 3.8) is 0 Å². The lowest BCUT2D eigenvalue weighted by molar-refractivity contribution is -0.130. The highest BCUT2D eigenvalue weighted by molar-refractivity contribution is 6.09. The normalized spacial score (nSPS) is 10.8. The molecule has 0 saturated heterocycles. The molecule has 0 spiro atoms. The second-order valence-electron chi connectivity index (χ2n) is 12.0. The summed E-state index contributed by atoms with van der Waals surface area (Å²) in [4.78, 5) is 44.6. The van der Waals surface area contributed by atoms with E-state index in [1.165, 1.54) is 7.11 Å². The molecule has 3 amide bonds. The first-order valence-corrected chi connectivity index (χ1v) is 16.4. The van der Waals surface area contributed by atoms with Crippen molar-refractivity contribution >= 4 is 29.1 Å². The highest BCUT2D eigenvalue weighted by Crippen LogP contribution is 2.32. The van der Waals surface area contributed by atoms with Crippen LogP contribution in [0.15, 0.2) is 60.7 Å². The largest absolute Gasteiger partial charge is 0.495 e. The molecule has 3 N–H and O–H groups in total. The quantitative estimate of drug-likeness (QED) is 0.168. The molecule has 3 aromatic carbocycles. The first-order valence-electron chi connectivity index (χ1n) is 16.4. The van der Waals surface area contributed by atoms with Crippen LogP contribution >= 0.6 is 0 Å². The third-order valence-electron chi connectivity index (χ3n) is 7.82.